The van der Waals surface area contributed by atoms with Gasteiger partial charge in [-0.2, -0.15) is 0 Å². The van der Waals surface area contributed by atoms with Gasteiger partial charge in [-0.15, -0.1) is 21.5 Å². The van der Waals surface area contributed by atoms with Crippen LogP contribution in [0.5, 0.6) is 0 Å². The quantitative estimate of drug-likeness (QED) is 0.394. The van der Waals surface area contributed by atoms with E-state index >= 15 is 0 Å². The predicted molar refractivity (Wildman–Crippen MR) is 124 cm³/mol. The van der Waals surface area contributed by atoms with Gasteiger partial charge in [-0.3, -0.25) is 4.79 Å². The summed E-state index contributed by atoms with van der Waals surface area (Å²) in [5.41, 5.74) is 2.42. The maximum Gasteiger partial charge on any atom is 0.341 e. The first-order valence-electron chi connectivity index (χ1n) is 10.6. The highest BCUT2D eigenvalue weighted by Gasteiger charge is 2.28. The van der Waals surface area contributed by atoms with Gasteiger partial charge in [-0.05, 0) is 58.1 Å². The molecule has 4 rings (SSSR count). The summed E-state index contributed by atoms with van der Waals surface area (Å²) in [4.78, 5) is 26.7. The number of nitrogens with zero attached hydrogens (tertiary/aromatic N) is 3. The number of rotatable bonds is 7. The van der Waals surface area contributed by atoms with Crippen LogP contribution in [0.1, 0.15) is 53.2 Å². The van der Waals surface area contributed by atoms with E-state index in [9.17, 15) is 9.59 Å². The second-order valence-corrected chi connectivity index (χ2v) is 10.0. The minimum atomic E-state index is -0.365. The van der Waals surface area contributed by atoms with Crippen molar-refractivity contribution in [1.29, 1.82) is 0 Å². The Labute approximate surface area is 194 Å². The van der Waals surface area contributed by atoms with Crippen LogP contribution in [0.15, 0.2) is 21.9 Å². The Morgan fingerprint density at radius 1 is 1.31 bits per heavy atom. The first kappa shape index (κ1) is 22.6. The molecule has 1 aliphatic carbocycles. The third-order valence-corrected chi connectivity index (χ3v) is 7.47. The lowest BCUT2D eigenvalue weighted by Crippen LogP contribution is -2.19. The van der Waals surface area contributed by atoms with E-state index < -0.39 is 0 Å². The molecule has 0 fully saturated rings. The van der Waals surface area contributed by atoms with Gasteiger partial charge in [0.15, 0.2) is 11.0 Å². The number of anilines is 1. The standard InChI is InChI=1S/C22H26N4O4S2/c1-12(2)30-21(28)18-15-7-5-6-8-16(15)32-20(18)23-17(27)11-31-22-25-24-19(26(22)4)14-9-10-29-13(14)3/h9-10,12H,5-8,11H2,1-4H3,(H,23,27). The van der Waals surface area contributed by atoms with Gasteiger partial charge in [-0.25, -0.2) is 4.79 Å². The van der Waals surface area contributed by atoms with Crippen LogP contribution in [0, 0.1) is 6.92 Å². The molecule has 0 bridgehead atoms. The Morgan fingerprint density at radius 3 is 2.81 bits per heavy atom. The third kappa shape index (κ3) is 4.61. The maximum atomic E-state index is 12.8. The Bertz CT molecular complexity index is 1150. The monoisotopic (exact) mass is 474 g/mol. The molecule has 0 saturated heterocycles. The number of hydrogen-bond acceptors (Lipinski definition) is 8. The number of esters is 1. The molecule has 0 spiro atoms. The van der Waals surface area contributed by atoms with Crippen LogP contribution in [0.25, 0.3) is 11.4 Å². The number of furan rings is 1. The zero-order chi connectivity index (χ0) is 22.8. The minimum Gasteiger partial charge on any atom is -0.469 e. The lowest BCUT2D eigenvalue weighted by atomic mass is 9.95. The summed E-state index contributed by atoms with van der Waals surface area (Å²) in [7, 11) is 1.86. The van der Waals surface area contributed by atoms with Crippen molar-refractivity contribution in [1.82, 2.24) is 14.8 Å². The molecule has 8 nitrogen and oxygen atoms in total. The highest BCUT2D eigenvalue weighted by molar-refractivity contribution is 7.99. The number of hydrogen-bond donors (Lipinski definition) is 1. The van der Waals surface area contributed by atoms with E-state index in [0.717, 1.165) is 42.6 Å². The molecule has 0 saturated carbocycles. The summed E-state index contributed by atoms with van der Waals surface area (Å²) >= 11 is 2.78. The van der Waals surface area contributed by atoms with Crippen LogP contribution in [-0.2, 0) is 29.4 Å². The van der Waals surface area contributed by atoms with Crippen LogP contribution in [-0.4, -0.2) is 38.5 Å². The minimum absolute atomic E-state index is 0.150. The second kappa shape index (κ2) is 9.50. The van der Waals surface area contributed by atoms with E-state index in [1.807, 2.05) is 38.5 Å². The number of fused-ring (bicyclic) bond motifs is 1. The molecule has 170 valence electrons. The van der Waals surface area contributed by atoms with Crippen molar-refractivity contribution in [2.75, 3.05) is 11.1 Å². The number of aryl methyl sites for hydroxylation is 2. The summed E-state index contributed by atoms with van der Waals surface area (Å²) in [5, 5.41) is 12.6. The van der Waals surface area contributed by atoms with Crippen molar-refractivity contribution in [3.05, 3.63) is 34.1 Å². The lowest BCUT2D eigenvalue weighted by Gasteiger charge is -2.14. The molecular weight excluding hydrogens is 448 g/mol. The number of thiophene rings is 1. The highest BCUT2D eigenvalue weighted by Crippen LogP contribution is 2.39. The van der Waals surface area contributed by atoms with E-state index in [2.05, 4.69) is 15.5 Å². The van der Waals surface area contributed by atoms with Crippen molar-refractivity contribution in [3.8, 4) is 11.4 Å². The number of thioether (sulfide) groups is 1. The molecule has 3 aromatic heterocycles. The molecule has 10 heteroatoms. The summed E-state index contributed by atoms with van der Waals surface area (Å²) in [6.45, 7) is 5.52. The zero-order valence-electron chi connectivity index (χ0n) is 18.6. The molecule has 0 aromatic carbocycles. The van der Waals surface area contributed by atoms with E-state index in [1.165, 1.54) is 28.0 Å². The van der Waals surface area contributed by atoms with Crippen LogP contribution in [0.3, 0.4) is 0 Å². The van der Waals surface area contributed by atoms with Gasteiger partial charge in [-0.1, -0.05) is 11.8 Å². The van der Waals surface area contributed by atoms with E-state index in [1.54, 1.807) is 6.26 Å². The average molecular weight is 475 g/mol. The van der Waals surface area contributed by atoms with Crippen molar-refractivity contribution < 1.29 is 18.7 Å². The first-order valence-corrected chi connectivity index (χ1v) is 12.4. The van der Waals surface area contributed by atoms with E-state index in [0.29, 0.717) is 21.5 Å². The van der Waals surface area contributed by atoms with Crippen LogP contribution in [0.2, 0.25) is 0 Å². The molecule has 1 amide bonds. The molecule has 0 radical (unpaired) electrons. The topological polar surface area (TPSA) is 99.2 Å². The third-order valence-electron chi connectivity index (χ3n) is 5.24. The number of ether oxygens (including phenoxy) is 1. The van der Waals surface area contributed by atoms with Crippen molar-refractivity contribution in [2.45, 2.75) is 57.7 Å². The summed E-state index contributed by atoms with van der Waals surface area (Å²) < 4.78 is 12.6. The molecule has 0 aliphatic heterocycles. The van der Waals surface area contributed by atoms with Gasteiger partial charge in [0.05, 0.1) is 29.2 Å². The van der Waals surface area contributed by atoms with Gasteiger partial charge in [0.1, 0.15) is 10.8 Å². The van der Waals surface area contributed by atoms with Gasteiger partial charge in [0.2, 0.25) is 5.91 Å². The molecule has 0 atom stereocenters. The zero-order valence-corrected chi connectivity index (χ0v) is 20.2. The summed E-state index contributed by atoms with van der Waals surface area (Å²) in [6.07, 6.45) is 5.31. The molecule has 1 N–H and O–H groups in total. The second-order valence-electron chi connectivity index (χ2n) is 7.96. The summed E-state index contributed by atoms with van der Waals surface area (Å²) in [5.74, 6) is 1.03. The van der Waals surface area contributed by atoms with Crippen molar-refractivity contribution >= 4 is 40.0 Å². The van der Waals surface area contributed by atoms with Crippen LogP contribution in [0.4, 0.5) is 5.00 Å². The average Bonchev–Trinajstić information content (AvgIpc) is 3.42. The summed E-state index contributed by atoms with van der Waals surface area (Å²) in [6, 6.07) is 1.84. The van der Waals surface area contributed by atoms with Gasteiger partial charge in [0, 0.05) is 11.9 Å². The first-order chi connectivity index (χ1) is 15.3. The fraction of sp³-hybridized carbons (Fsp3) is 0.455. The number of carbonyl (C=O) groups is 2. The van der Waals surface area contributed by atoms with E-state index in [4.69, 9.17) is 9.15 Å². The number of carbonyl (C=O) groups excluding carboxylic acids is 2. The normalized spacial score (nSPS) is 13.3. The lowest BCUT2D eigenvalue weighted by molar-refractivity contribution is -0.113. The Kier molecular flexibility index (Phi) is 6.71. The van der Waals surface area contributed by atoms with Gasteiger partial charge in [0.25, 0.3) is 0 Å². The number of nitrogens with one attached hydrogen (secondary N) is 1. The van der Waals surface area contributed by atoms with Gasteiger partial charge < -0.3 is 19.0 Å². The Morgan fingerprint density at radius 2 is 2.09 bits per heavy atom. The number of aromatic nitrogens is 3. The fourth-order valence-electron chi connectivity index (χ4n) is 3.73. The van der Waals surface area contributed by atoms with E-state index in [-0.39, 0.29) is 23.7 Å². The molecule has 3 aromatic rings. The highest BCUT2D eigenvalue weighted by atomic mass is 32.2. The molecule has 0 unspecified atom stereocenters. The van der Waals surface area contributed by atoms with Crippen LogP contribution < -0.4 is 5.32 Å². The van der Waals surface area contributed by atoms with Crippen molar-refractivity contribution in [2.24, 2.45) is 7.05 Å². The van der Waals surface area contributed by atoms with Crippen molar-refractivity contribution in [3.63, 3.8) is 0 Å². The van der Waals surface area contributed by atoms with Crippen LogP contribution >= 0.6 is 23.1 Å². The Balaban J connectivity index is 1.47. The smallest absolute Gasteiger partial charge is 0.341 e. The molecule has 3 heterocycles. The molecule has 1 aliphatic rings. The maximum absolute atomic E-state index is 12.8. The van der Waals surface area contributed by atoms with Gasteiger partial charge >= 0.3 is 5.97 Å². The fourth-order valence-corrected chi connectivity index (χ4v) is 5.73. The Hall–Kier alpha value is -2.59. The number of amides is 1. The SMILES string of the molecule is Cc1occc1-c1nnc(SCC(=O)Nc2sc3c(c2C(=O)OC(C)C)CCCC3)n1C. The predicted octanol–water partition coefficient (Wildman–Crippen LogP) is 4.62. The largest absolute Gasteiger partial charge is 0.469 e. The molecule has 32 heavy (non-hydrogen) atoms. The molecular formula is C22H26N4O4S2.